The molecule has 0 aliphatic carbocycles. The molecule has 1 amide bonds. The normalized spacial score (nSPS) is 10.3. The Hall–Kier alpha value is -2.64. The molecule has 2 N–H and O–H groups in total. The summed E-state index contributed by atoms with van der Waals surface area (Å²) in [5, 5.41) is 4.90. The number of halogens is 3. The van der Waals surface area contributed by atoms with Crippen LogP contribution in [0.5, 0.6) is 0 Å². The van der Waals surface area contributed by atoms with Gasteiger partial charge in [-0.05, 0) is 6.92 Å². The molecule has 0 bridgehead atoms. The summed E-state index contributed by atoms with van der Waals surface area (Å²) >= 11 is 0. The molecular formula is C13H11F3N4O. The van der Waals surface area contributed by atoms with E-state index in [0.29, 0.717) is 24.5 Å². The molecule has 0 atom stereocenters. The van der Waals surface area contributed by atoms with Crippen LogP contribution in [-0.4, -0.2) is 22.4 Å². The lowest BCUT2D eigenvalue weighted by Crippen LogP contribution is -2.16. The number of nitrogens with zero attached hydrogens (tertiary/aromatic N) is 2. The van der Waals surface area contributed by atoms with E-state index >= 15 is 0 Å². The van der Waals surface area contributed by atoms with Crippen LogP contribution >= 0.6 is 0 Å². The average molecular weight is 296 g/mol. The maximum Gasteiger partial charge on any atom is 0.276 e. The summed E-state index contributed by atoms with van der Waals surface area (Å²) in [5.41, 5.74) is -0.717. The van der Waals surface area contributed by atoms with Gasteiger partial charge in [0, 0.05) is 18.7 Å². The molecule has 0 spiro atoms. The Morgan fingerprint density at radius 2 is 2.00 bits per heavy atom. The lowest BCUT2D eigenvalue weighted by Gasteiger charge is -2.08. The van der Waals surface area contributed by atoms with Crippen molar-refractivity contribution in [3.05, 3.63) is 47.7 Å². The van der Waals surface area contributed by atoms with Crippen LogP contribution in [0.3, 0.4) is 0 Å². The number of aromatic nitrogens is 2. The fourth-order valence-electron chi connectivity index (χ4n) is 1.57. The van der Waals surface area contributed by atoms with E-state index in [1.54, 1.807) is 0 Å². The van der Waals surface area contributed by atoms with E-state index in [0.717, 1.165) is 6.20 Å². The molecule has 0 unspecified atom stereocenters. The highest BCUT2D eigenvalue weighted by Crippen LogP contribution is 2.19. The largest absolute Gasteiger partial charge is 0.369 e. The van der Waals surface area contributed by atoms with Crippen LogP contribution in [0.4, 0.5) is 24.7 Å². The number of benzene rings is 1. The van der Waals surface area contributed by atoms with Gasteiger partial charge in [0.05, 0.1) is 18.1 Å². The Morgan fingerprint density at radius 1 is 1.24 bits per heavy atom. The maximum atomic E-state index is 13.5. The lowest BCUT2D eigenvalue weighted by molar-refractivity contribution is 0.102. The topological polar surface area (TPSA) is 66.9 Å². The summed E-state index contributed by atoms with van der Waals surface area (Å²) in [4.78, 5) is 19.6. The molecule has 0 saturated heterocycles. The van der Waals surface area contributed by atoms with Gasteiger partial charge in [-0.2, -0.15) is 0 Å². The van der Waals surface area contributed by atoms with Crippen molar-refractivity contribution in [2.75, 3.05) is 17.2 Å². The SMILES string of the molecule is CCNc1cncc(C(=O)Nc2cc(F)cc(F)c2F)n1. The minimum Gasteiger partial charge on any atom is -0.369 e. The first kappa shape index (κ1) is 14.8. The number of carbonyl (C=O) groups excluding carboxylic acids is 1. The van der Waals surface area contributed by atoms with Crippen LogP contribution in [0, 0.1) is 17.5 Å². The van der Waals surface area contributed by atoms with Crippen molar-refractivity contribution in [1.29, 1.82) is 0 Å². The molecular weight excluding hydrogens is 285 g/mol. The van der Waals surface area contributed by atoms with Gasteiger partial charge < -0.3 is 10.6 Å². The summed E-state index contributed by atoms with van der Waals surface area (Å²) in [6.07, 6.45) is 2.56. The van der Waals surface area contributed by atoms with Gasteiger partial charge in [-0.15, -0.1) is 0 Å². The van der Waals surface area contributed by atoms with Gasteiger partial charge in [0.1, 0.15) is 17.3 Å². The Kier molecular flexibility index (Phi) is 4.36. The van der Waals surface area contributed by atoms with Gasteiger partial charge in [-0.3, -0.25) is 9.78 Å². The Labute approximate surface area is 118 Å². The second-order valence-corrected chi connectivity index (χ2v) is 4.02. The highest BCUT2D eigenvalue weighted by atomic mass is 19.2. The minimum atomic E-state index is -1.39. The standard InChI is InChI=1S/C13H11F3N4O/c1-2-18-11-6-17-5-10(19-11)13(21)20-9-4-7(14)3-8(15)12(9)16/h3-6H,2H2,1H3,(H,18,19)(H,20,21). The van der Waals surface area contributed by atoms with Crippen molar-refractivity contribution in [3.8, 4) is 0 Å². The molecule has 21 heavy (non-hydrogen) atoms. The fraction of sp³-hybridized carbons (Fsp3) is 0.154. The Balaban J connectivity index is 2.24. The molecule has 8 heteroatoms. The zero-order valence-electron chi connectivity index (χ0n) is 11.0. The zero-order valence-corrected chi connectivity index (χ0v) is 11.0. The summed E-state index contributed by atoms with van der Waals surface area (Å²) in [6, 6.07) is 1.06. The van der Waals surface area contributed by atoms with Crippen molar-refractivity contribution < 1.29 is 18.0 Å². The van der Waals surface area contributed by atoms with E-state index in [9.17, 15) is 18.0 Å². The quantitative estimate of drug-likeness (QED) is 0.851. The molecule has 1 aromatic carbocycles. The van der Waals surface area contributed by atoms with Crippen molar-refractivity contribution >= 4 is 17.4 Å². The van der Waals surface area contributed by atoms with E-state index in [1.165, 1.54) is 6.20 Å². The number of anilines is 2. The van der Waals surface area contributed by atoms with Crippen LogP contribution < -0.4 is 10.6 Å². The first-order valence-corrected chi connectivity index (χ1v) is 6.03. The monoisotopic (exact) mass is 296 g/mol. The van der Waals surface area contributed by atoms with Gasteiger partial charge in [0.15, 0.2) is 11.6 Å². The number of hydrogen-bond donors (Lipinski definition) is 2. The van der Waals surface area contributed by atoms with Crippen molar-refractivity contribution in [3.63, 3.8) is 0 Å². The number of carbonyl (C=O) groups is 1. The van der Waals surface area contributed by atoms with E-state index in [2.05, 4.69) is 20.6 Å². The van der Waals surface area contributed by atoms with Crippen LogP contribution in [0.15, 0.2) is 24.5 Å². The molecule has 2 rings (SSSR count). The molecule has 1 heterocycles. The molecule has 0 saturated carbocycles. The first-order valence-electron chi connectivity index (χ1n) is 6.03. The maximum absolute atomic E-state index is 13.5. The molecule has 5 nitrogen and oxygen atoms in total. The average Bonchev–Trinajstić information content (AvgIpc) is 2.45. The molecule has 0 radical (unpaired) electrons. The fourth-order valence-corrected chi connectivity index (χ4v) is 1.57. The van der Waals surface area contributed by atoms with Crippen molar-refractivity contribution in [2.45, 2.75) is 6.92 Å². The summed E-state index contributed by atoms with van der Waals surface area (Å²) < 4.78 is 39.5. The molecule has 2 aromatic rings. The van der Waals surface area contributed by atoms with Gasteiger partial charge >= 0.3 is 0 Å². The third-order valence-corrected chi connectivity index (χ3v) is 2.47. The number of amides is 1. The summed E-state index contributed by atoms with van der Waals surface area (Å²) in [5.74, 6) is -4.21. The van der Waals surface area contributed by atoms with Gasteiger partial charge in [-0.25, -0.2) is 18.2 Å². The zero-order chi connectivity index (χ0) is 15.4. The number of hydrogen-bond acceptors (Lipinski definition) is 4. The predicted molar refractivity (Wildman–Crippen MR) is 70.5 cm³/mol. The second-order valence-electron chi connectivity index (χ2n) is 4.02. The third-order valence-electron chi connectivity index (χ3n) is 2.47. The van der Waals surface area contributed by atoms with E-state index in [-0.39, 0.29) is 5.69 Å². The third kappa shape index (κ3) is 3.47. The van der Waals surface area contributed by atoms with E-state index in [4.69, 9.17) is 0 Å². The molecule has 110 valence electrons. The highest BCUT2D eigenvalue weighted by molar-refractivity contribution is 6.02. The lowest BCUT2D eigenvalue weighted by atomic mass is 10.2. The van der Waals surface area contributed by atoms with Crippen molar-refractivity contribution in [1.82, 2.24) is 9.97 Å². The van der Waals surface area contributed by atoms with Crippen LogP contribution in [-0.2, 0) is 0 Å². The van der Waals surface area contributed by atoms with Crippen LogP contribution in [0.25, 0.3) is 0 Å². The van der Waals surface area contributed by atoms with Crippen LogP contribution in [0.2, 0.25) is 0 Å². The molecule has 1 aromatic heterocycles. The minimum absolute atomic E-state index is 0.113. The molecule has 0 aliphatic heterocycles. The van der Waals surface area contributed by atoms with Gasteiger partial charge in [0.2, 0.25) is 0 Å². The Morgan fingerprint density at radius 3 is 2.71 bits per heavy atom. The predicted octanol–water partition coefficient (Wildman–Crippen LogP) is 2.58. The van der Waals surface area contributed by atoms with E-state index < -0.39 is 29.0 Å². The van der Waals surface area contributed by atoms with Crippen molar-refractivity contribution in [2.24, 2.45) is 0 Å². The summed E-state index contributed by atoms with van der Waals surface area (Å²) in [7, 11) is 0. The highest BCUT2D eigenvalue weighted by Gasteiger charge is 2.15. The summed E-state index contributed by atoms with van der Waals surface area (Å²) in [6.45, 7) is 2.41. The molecule has 0 aliphatic rings. The van der Waals surface area contributed by atoms with E-state index in [1.807, 2.05) is 6.92 Å². The first-order chi connectivity index (χ1) is 10.0. The number of rotatable bonds is 4. The molecule has 0 fully saturated rings. The van der Waals surface area contributed by atoms with Gasteiger partial charge in [-0.1, -0.05) is 0 Å². The second kappa shape index (κ2) is 6.21. The smallest absolute Gasteiger partial charge is 0.276 e. The van der Waals surface area contributed by atoms with Crippen LogP contribution in [0.1, 0.15) is 17.4 Å². The Bertz CT molecular complexity index is 678. The number of nitrogens with one attached hydrogen (secondary N) is 2. The van der Waals surface area contributed by atoms with Gasteiger partial charge in [0.25, 0.3) is 5.91 Å².